The standard InChI is InChI=1S/C26H24Cl2N2OS.C2HF3O2/c1-17(29-25(31)14-15-26-30-23-4-2-3-5-24(23)32-26)22(19-8-12-21(28)13-9-19)16-18-6-10-20(27)11-7-18;3-2(4,5)1(6)7/h2-13,17,22H,14-16H2,1H3,(H,29,31);(H,6,7)/t17-,22+;/m1./s1. The van der Waals surface area contributed by atoms with Crippen molar-refractivity contribution in [2.24, 2.45) is 0 Å². The number of aryl methyl sites for hydroxylation is 1. The Morgan fingerprint density at radius 2 is 1.54 bits per heavy atom. The number of H-pyrrole nitrogens is 1. The summed E-state index contributed by atoms with van der Waals surface area (Å²) in [6.45, 7) is 2.07. The maximum absolute atomic E-state index is 12.8. The molecule has 39 heavy (non-hydrogen) atoms. The number of aliphatic carboxylic acids is 1. The van der Waals surface area contributed by atoms with Crippen LogP contribution in [-0.2, 0) is 22.4 Å². The summed E-state index contributed by atoms with van der Waals surface area (Å²) in [6.07, 6.45) is -3.26. The van der Waals surface area contributed by atoms with E-state index >= 15 is 0 Å². The second-order valence-electron chi connectivity index (χ2n) is 8.78. The Kier molecular flexibility index (Phi) is 10.7. The van der Waals surface area contributed by atoms with Crippen LogP contribution in [0.2, 0.25) is 10.0 Å². The smallest absolute Gasteiger partial charge is 0.430 e. The van der Waals surface area contributed by atoms with Gasteiger partial charge in [-0.25, -0.2) is 0 Å². The van der Waals surface area contributed by atoms with E-state index in [4.69, 9.17) is 33.1 Å². The average Bonchev–Trinajstić information content (AvgIpc) is 3.31. The van der Waals surface area contributed by atoms with Crippen molar-refractivity contribution in [2.75, 3.05) is 0 Å². The molecule has 1 aromatic heterocycles. The van der Waals surface area contributed by atoms with Gasteiger partial charge in [0.15, 0.2) is 0 Å². The van der Waals surface area contributed by atoms with Crippen LogP contribution in [0.3, 0.4) is 0 Å². The number of para-hydroxylation sites is 1. The van der Waals surface area contributed by atoms with E-state index in [1.165, 1.54) is 10.3 Å². The first-order valence-electron chi connectivity index (χ1n) is 11.9. The minimum absolute atomic E-state index is 0.0364. The Morgan fingerprint density at radius 3 is 2.10 bits per heavy atom. The van der Waals surface area contributed by atoms with Gasteiger partial charge in [-0.1, -0.05) is 70.9 Å². The Bertz CT molecular complexity index is 1360. The fourth-order valence-electron chi connectivity index (χ4n) is 3.90. The number of thiazole rings is 1. The van der Waals surface area contributed by atoms with Gasteiger partial charge in [0.1, 0.15) is 10.7 Å². The molecule has 4 rings (SSSR count). The number of rotatable bonds is 8. The van der Waals surface area contributed by atoms with Crippen molar-refractivity contribution < 1.29 is 32.9 Å². The quantitative estimate of drug-likeness (QED) is 0.280. The van der Waals surface area contributed by atoms with Gasteiger partial charge in [0, 0.05) is 34.5 Å². The molecule has 0 spiro atoms. The second-order valence-corrected chi connectivity index (χ2v) is 10.8. The van der Waals surface area contributed by atoms with Crippen LogP contribution < -0.4 is 15.4 Å². The van der Waals surface area contributed by atoms with Crippen LogP contribution in [0, 0.1) is 0 Å². The first-order valence-corrected chi connectivity index (χ1v) is 13.5. The van der Waals surface area contributed by atoms with Gasteiger partial charge in [0.2, 0.25) is 16.4 Å². The van der Waals surface area contributed by atoms with Crippen LogP contribution in [0.1, 0.15) is 35.4 Å². The van der Waals surface area contributed by atoms with Gasteiger partial charge in [-0.3, -0.25) is 4.79 Å². The lowest BCUT2D eigenvalue weighted by molar-refractivity contribution is -0.350. The van der Waals surface area contributed by atoms with Crippen molar-refractivity contribution >= 4 is 56.6 Å². The van der Waals surface area contributed by atoms with E-state index in [-0.39, 0.29) is 17.9 Å². The third kappa shape index (κ3) is 9.53. The van der Waals surface area contributed by atoms with Crippen molar-refractivity contribution in [1.82, 2.24) is 5.32 Å². The fourth-order valence-corrected chi connectivity index (χ4v) is 5.16. The van der Waals surface area contributed by atoms with Crippen LogP contribution in [0.5, 0.6) is 0 Å². The van der Waals surface area contributed by atoms with E-state index in [0.717, 1.165) is 27.5 Å². The largest absolute Gasteiger partial charge is 0.542 e. The number of aromatic amines is 1. The summed E-state index contributed by atoms with van der Waals surface area (Å²) >= 11 is 13.9. The number of fused-ring (bicyclic) bond motifs is 1. The summed E-state index contributed by atoms with van der Waals surface area (Å²) in [7, 11) is 0. The fraction of sp³-hybridized carbons (Fsp3) is 0.250. The highest BCUT2D eigenvalue weighted by Crippen LogP contribution is 2.27. The lowest BCUT2D eigenvalue weighted by atomic mass is 9.86. The van der Waals surface area contributed by atoms with Crippen molar-refractivity contribution in [3.8, 4) is 0 Å². The van der Waals surface area contributed by atoms with Gasteiger partial charge in [0.25, 0.3) is 0 Å². The number of halogens is 5. The topological polar surface area (TPSA) is 83.4 Å². The molecule has 2 N–H and O–H groups in total. The summed E-state index contributed by atoms with van der Waals surface area (Å²) in [5.41, 5.74) is 3.44. The van der Waals surface area contributed by atoms with Gasteiger partial charge in [-0.2, -0.15) is 18.2 Å². The molecule has 0 saturated heterocycles. The third-order valence-electron chi connectivity index (χ3n) is 5.86. The number of benzene rings is 3. The summed E-state index contributed by atoms with van der Waals surface area (Å²) in [5, 5.41) is 14.5. The number of aromatic nitrogens is 1. The molecule has 0 aliphatic carbocycles. The summed E-state index contributed by atoms with van der Waals surface area (Å²) in [5.74, 6) is -2.83. The Labute approximate surface area is 237 Å². The zero-order chi connectivity index (χ0) is 28.6. The van der Waals surface area contributed by atoms with Crippen molar-refractivity contribution in [3.63, 3.8) is 0 Å². The molecule has 1 heterocycles. The van der Waals surface area contributed by atoms with E-state index in [1.807, 2.05) is 60.7 Å². The van der Waals surface area contributed by atoms with Gasteiger partial charge in [-0.05, 0) is 54.8 Å². The number of hydrogen-bond donors (Lipinski definition) is 1. The van der Waals surface area contributed by atoms with E-state index in [2.05, 4.69) is 29.4 Å². The molecule has 0 aliphatic heterocycles. The molecule has 4 aromatic rings. The van der Waals surface area contributed by atoms with Crippen LogP contribution >= 0.6 is 34.5 Å². The number of amides is 1. The van der Waals surface area contributed by atoms with Crippen LogP contribution in [0.25, 0.3) is 10.2 Å². The molecule has 0 fully saturated rings. The third-order valence-corrected chi connectivity index (χ3v) is 7.50. The minimum atomic E-state index is -5.19. The van der Waals surface area contributed by atoms with Gasteiger partial charge >= 0.3 is 6.18 Å². The van der Waals surface area contributed by atoms with Crippen LogP contribution in [-0.4, -0.2) is 24.1 Å². The normalized spacial score (nSPS) is 12.8. The van der Waals surface area contributed by atoms with E-state index in [0.29, 0.717) is 17.9 Å². The zero-order valence-corrected chi connectivity index (χ0v) is 23.1. The molecular weight excluding hydrogens is 572 g/mol. The molecule has 11 heteroatoms. The average molecular weight is 597 g/mol. The Balaban J connectivity index is 0.000000532. The molecular formula is C28H25Cl2F3N2O3S. The maximum Gasteiger partial charge on any atom is 0.430 e. The monoisotopic (exact) mass is 596 g/mol. The highest BCUT2D eigenvalue weighted by molar-refractivity contribution is 7.18. The highest BCUT2D eigenvalue weighted by Gasteiger charge is 2.29. The zero-order valence-electron chi connectivity index (χ0n) is 20.7. The number of carboxylic acid groups (broad SMARTS) is 1. The highest BCUT2D eigenvalue weighted by atomic mass is 35.5. The maximum atomic E-state index is 12.8. The van der Waals surface area contributed by atoms with Crippen molar-refractivity contribution in [2.45, 2.75) is 44.3 Å². The van der Waals surface area contributed by atoms with Crippen LogP contribution in [0.15, 0.2) is 72.8 Å². The SMILES string of the molecule is C[C@@H](NC(=O)CCc1[nH+]c2ccccc2s1)[C@H](Cc1ccc(Cl)cc1)c1ccc(Cl)cc1.O=C([O-])C(F)(F)F. The number of hydrogen-bond acceptors (Lipinski definition) is 4. The predicted octanol–water partition coefficient (Wildman–Crippen LogP) is 5.78. The first kappa shape index (κ1) is 30.4. The molecule has 0 bridgehead atoms. The van der Waals surface area contributed by atoms with Gasteiger partial charge < -0.3 is 15.2 Å². The lowest BCUT2D eigenvalue weighted by Crippen LogP contribution is -2.38. The molecule has 5 nitrogen and oxygen atoms in total. The number of carboxylic acids is 1. The molecule has 1 amide bonds. The van der Waals surface area contributed by atoms with E-state index < -0.39 is 12.1 Å². The number of carbonyl (C=O) groups is 2. The molecule has 0 radical (unpaired) electrons. The molecule has 206 valence electrons. The van der Waals surface area contributed by atoms with Crippen molar-refractivity contribution in [3.05, 3.63) is 99.0 Å². The van der Waals surface area contributed by atoms with Crippen molar-refractivity contribution in [1.29, 1.82) is 0 Å². The summed E-state index contributed by atoms with van der Waals surface area (Å²) in [6, 6.07) is 23.9. The van der Waals surface area contributed by atoms with Crippen LogP contribution in [0.4, 0.5) is 13.2 Å². The van der Waals surface area contributed by atoms with E-state index in [1.54, 1.807) is 11.3 Å². The molecule has 0 aliphatic rings. The summed E-state index contributed by atoms with van der Waals surface area (Å²) < 4.78 is 32.8. The number of carbonyl (C=O) groups excluding carboxylic acids is 2. The summed E-state index contributed by atoms with van der Waals surface area (Å²) in [4.78, 5) is 25.0. The van der Waals surface area contributed by atoms with Gasteiger partial charge in [0.05, 0.1) is 6.42 Å². The first-order chi connectivity index (χ1) is 18.4. The number of nitrogens with one attached hydrogen (secondary N) is 2. The van der Waals surface area contributed by atoms with E-state index in [9.17, 15) is 18.0 Å². The second kappa shape index (κ2) is 13.8. The number of alkyl halides is 3. The lowest BCUT2D eigenvalue weighted by Gasteiger charge is -2.26. The molecule has 0 saturated carbocycles. The Morgan fingerprint density at radius 1 is 0.974 bits per heavy atom. The van der Waals surface area contributed by atoms with Gasteiger partial charge in [-0.15, -0.1) is 0 Å². The molecule has 0 unspecified atom stereocenters. The minimum Gasteiger partial charge on any atom is -0.542 e. The predicted molar refractivity (Wildman–Crippen MR) is 145 cm³/mol. The molecule has 2 atom stereocenters. The molecule has 3 aromatic carbocycles. The Hall–Kier alpha value is -3.14.